The Labute approximate surface area is 123 Å². The molecule has 0 radical (unpaired) electrons. The van der Waals surface area contributed by atoms with Crippen LogP contribution in [0.5, 0.6) is 0 Å². The van der Waals surface area contributed by atoms with Gasteiger partial charge in [-0.3, -0.25) is 4.68 Å². The molecule has 0 unspecified atom stereocenters. The molecular formula is C12H19N5O3S. The molecule has 2 rings (SSSR count). The molecule has 0 saturated carbocycles. The van der Waals surface area contributed by atoms with Gasteiger partial charge >= 0.3 is 0 Å². The van der Waals surface area contributed by atoms with Crippen molar-refractivity contribution >= 4 is 10.0 Å². The zero-order chi connectivity index (χ0) is 15.3. The maximum atomic E-state index is 12.1. The van der Waals surface area contributed by atoms with Crippen LogP contribution in [0.4, 0.5) is 0 Å². The van der Waals surface area contributed by atoms with Crippen molar-refractivity contribution in [2.45, 2.75) is 31.3 Å². The first kappa shape index (κ1) is 15.7. The van der Waals surface area contributed by atoms with Crippen LogP contribution < -0.4 is 10.0 Å². The smallest absolute Gasteiger partial charge is 0.244 e. The number of hydrogen-bond donors (Lipinski definition) is 2. The molecule has 0 aliphatic heterocycles. The van der Waals surface area contributed by atoms with Crippen molar-refractivity contribution in [1.29, 1.82) is 0 Å². The topological polar surface area (TPSA) is 102 Å². The number of aryl methyl sites for hydroxylation is 2. The molecule has 2 aromatic heterocycles. The number of rotatable bonds is 8. The van der Waals surface area contributed by atoms with Crippen molar-refractivity contribution in [3.05, 3.63) is 29.9 Å². The first-order chi connectivity index (χ1) is 10.0. The van der Waals surface area contributed by atoms with Crippen LogP contribution in [0.1, 0.15) is 17.9 Å². The molecule has 9 heteroatoms. The molecule has 0 fully saturated rings. The second kappa shape index (κ2) is 6.83. The fourth-order valence-electron chi connectivity index (χ4n) is 1.78. The van der Waals surface area contributed by atoms with Gasteiger partial charge in [0.15, 0.2) is 0 Å². The average Bonchev–Trinajstić information content (AvgIpc) is 3.06. The van der Waals surface area contributed by atoms with Gasteiger partial charge in [-0.05, 0) is 26.9 Å². The van der Waals surface area contributed by atoms with Gasteiger partial charge in [0, 0.05) is 18.8 Å². The van der Waals surface area contributed by atoms with Gasteiger partial charge < -0.3 is 9.84 Å². The van der Waals surface area contributed by atoms with Crippen LogP contribution in [-0.2, 0) is 23.1 Å². The Hall–Kier alpha value is -1.71. The van der Waals surface area contributed by atoms with E-state index in [1.165, 1.54) is 12.4 Å². The summed E-state index contributed by atoms with van der Waals surface area (Å²) in [6, 6.07) is 1.68. The van der Waals surface area contributed by atoms with Crippen LogP contribution in [0, 0.1) is 6.92 Å². The second-order valence-corrected chi connectivity index (χ2v) is 6.42. The minimum Gasteiger partial charge on any atom is -0.361 e. The van der Waals surface area contributed by atoms with Crippen molar-refractivity contribution in [2.24, 2.45) is 0 Å². The Morgan fingerprint density at radius 2 is 2.24 bits per heavy atom. The summed E-state index contributed by atoms with van der Waals surface area (Å²) in [4.78, 5) is 0.146. The lowest BCUT2D eigenvalue weighted by Gasteiger charge is -2.02. The normalized spacial score (nSPS) is 11.9. The quantitative estimate of drug-likeness (QED) is 0.678. The number of sulfonamides is 1. The lowest BCUT2D eigenvalue weighted by atomic mass is 10.4. The number of aromatic nitrogens is 3. The lowest BCUT2D eigenvalue weighted by molar-refractivity contribution is 0.390. The SMILES string of the molecule is CNCCCn1cc(S(=O)(=O)NCc2cc(C)on2)cn1. The highest BCUT2D eigenvalue weighted by Crippen LogP contribution is 2.09. The second-order valence-electron chi connectivity index (χ2n) is 4.65. The van der Waals surface area contributed by atoms with Gasteiger partial charge in [0.25, 0.3) is 0 Å². The molecule has 2 heterocycles. The van der Waals surface area contributed by atoms with Crippen LogP contribution >= 0.6 is 0 Å². The van der Waals surface area contributed by atoms with E-state index in [0.717, 1.165) is 13.0 Å². The van der Waals surface area contributed by atoms with Gasteiger partial charge in [0.1, 0.15) is 10.7 Å². The van der Waals surface area contributed by atoms with Crippen molar-refractivity contribution in [1.82, 2.24) is 25.0 Å². The van der Waals surface area contributed by atoms with Gasteiger partial charge in [-0.25, -0.2) is 13.1 Å². The van der Waals surface area contributed by atoms with Crippen molar-refractivity contribution in [3.63, 3.8) is 0 Å². The van der Waals surface area contributed by atoms with Gasteiger partial charge in [-0.1, -0.05) is 5.16 Å². The zero-order valence-electron chi connectivity index (χ0n) is 12.0. The Kier molecular flexibility index (Phi) is 5.10. The molecule has 0 saturated heterocycles. The predicted molar refractivity (Wildman–Crippen MR) is 76.0 cm³/mol. The molecule has 0 aromatic carbocycles. The molecule has 116 valence electrons. The first-order valence-corrected chi connectivity index (χ1v) is 8.08. The number of nitrogens with one attached hydrogen (secondary N) is 2. The summed E-state index contributed by atoms with van der Waals surface area (Å²) in [6.45, 7) is 3.36. The monoisotopic (exact) mass is 313 g/mol. The Bertz CT molecular complexity index is 677. The fourth-order valence-corrected chi connectivity index (χ4v) is 2.73. The van der Waals surface area contributed by atoms with Crippen LogP contribution in [0.3, 0.4) is 0 Å². The van der Waals surface area contributed by atoms with Crippen LogP contribution in [0.15, 0.2) is 27.9 Å². The fraction of sp³-hybridized carbons (Fsp3) is 0.500. The predicted octanol–water partition coefficient (Wildman–Crippen LogP) is 0.268. The minimum absolute atomic E-state index is 0.0879. The van der Waals surface area contributed by atoms with E-state index in [1.54, 1.807) is 17.7 Å². The molecule has 0 aliphatic rings. The lowest BCUT2D eigenvalue weighted by Crippen LogP contribution is -2.23. The summed E-state index contributed by atoms with van der Waals surface area (Å²) in [5.41, 5.74) is 0.539. The van der Waals surface area contributed by atoms with Gasteiger partial charge in [-0.15, -0.1) is 0 Å². The van der Waals surface area contributed by atoms with Crippen molar-refractivity contribution in [2.75, 3.05) is 13.6 Å². The van der Waals surface area contributed by atoms with E-state index in [9.17, 15) is 8.42 Å². The maximum absolute atomic E-state index is 12.1. The summed E-state index contributed by atoms with van der Waals surface area (Å²) in [5, 5.41) is 10.8. The first-order valence-electron chi connectivity index (χ1n) is 6.60. The molecule has 0 bridgehead atoms. The van der Waals surface area contributed by atoms with E-state index in [4.69, 9.17) is 4.52 Å². The minimum atomic E-state index is -3.59. The largest absolute Gasteiger partial charge is 0.361 e. The highest BCUT2D eigenvalue weighted by atomic mass is 32.2. The van der Waals surface area contributed by atoms with Crippen molar-refractivity contribution < 1.29 is 12.9 Å². The Morgan fingerprint density at radius 3 is 2.90 bits per heavy atom. The third-order valence-electron chi connectivity index (χ3n) is 2.85. The van der Waals surface area contributed by atoms with E-state index in [0.29, 0.717) is 18.0 Å². The summed E-state index contributed by atoms with van der Waals surface area (Å²) >= 11 is 0. The molecule has 2 aromatic rings. The molecular weight excluding hydrogens is 294 g/mol. The molecule has 0 aliphatic carbocycles. The molecule has 0 spiro atoms. The summed E-state index contributed by atoms with van der Waals surface area (Å²) in [6.07, 6.45) is 3.74. The highest BCUT2D eigenvalue weighted by Gasteiger charge is 2.17. The summed E-state index contributed by atoms with van der Waals surface area (Å²) < 4.78 is 33.2. The maximum Gasteiger partial charge on any atom is 0.244 e. The van der Waals surface area contributed by atoms with E-state index in [2.05, 4.69) is 20.3 Å². The molecule has 2 N–H and O–H groups in total. The van der Waals surface area contributed by atoms with Crippen LogP contribution in [0.2, 0.25) is 0 Å². The molecule has 0 amide bonds. The molecule has 0 atom stereocenters. The van der Waals surface area contributed by atoms with E-state index < -0.39 is 10.0 Å². The third-order valence-corrected chi connectivity index (χ3v) is 4.21. The molecule has 21 heavy (non-hydrogen) atoms. The van der Waals surface area contributed by atoms with Gasteiger partial charge in [-0.2, -0.15) is 5.10 Å². The standard InChI is InChI=1S/C12H19N5O3S/c1-10-6-11(16-20-10)7-15-21(18,19)12-8-14-17(9-12)5-3-4-13-2/h6,8-9,13,15H,3-5,7H2,1-2H3. The summed E-state index contributed by atoms with van der Waals surface area (Å²) in [7, 11) is -1.72. The third kappa shape index (κ3) is 4.38. The van der Waals surface area contributed by atoms with Gasteiger partial charge in [0.2, 0.25) is 10.0 Å². The Morgan fingerprint density at radius 1 is 1.43 bits per heavy atom. The zero-order valence-corrected chi connectivity index (χ0v) is 12.9. The molecule has 8 nitrogen and oxygen atoms in total. The summed E-state index contributed by atoms with van der Waals surface area (Å²) in [5.74, 6) is 0.640. The van der Waals surface area contributed by atoms with Crippen LogP contribution in [0.25, 0.3) is 0 Å². The number of nitrogens with zero attached hydrogens (tertiary/aromatic N) is 3. The van der Waals surface area contributed by atoms with Crippen LogP contribution in [-0.4, -0.2) is 36.9 Å². The number of hydrogen-bond acceptors (Lipinski definition) is 6. The van der Waals surface area contributed by atoms with E-state index in [1.807, 2.05) is 7.05 Å². The Balaban J connectivity index is 1.95. The van der Waals surface area contributed by atoms with Crippen molar-refractivity contribution in [3.8, 4) is 0 Å². The van der Waals surface area contributed by atoms with E-state index in [-0.39, 0.29) is 11.4 Å². The highest BCUT2D eigenvalue weighted by molar-refractivity contribution is 7.89. The van der Waals surface area contributed by atoms with E-state index >= 15 is 0 Å². The van der Waals surface area contributed by atoms with Gasteiger partial charge in [0.05, 0.1) is 18.4 Å². The average molecular weight is 313 g/mol.